The summed E-state index contributed by atoms with van der Waals surface area (Å²) in [6.45, 7) is 2.87. The van der Waals surface area contributed by atoms with Crippen LogP contribution in [0.1, 0.15) is 45.4 Å². The zero-order chi connectivity index (χ0) is 12.8. The Morgan fingerprint density at radius 3 is 2.05 bits per heavy atom. The third kappa shape index (κ3) is 2.78. The molecule has 0 aromatic carbocycles. The molecule has 110 valence electrons. The number of rotatable bonds is 4. The average molecular weight is 287 g/mol. The van der Waals surface area contributed by atoms with Crippen molar-refractivity contribution in [2.45, 2.75) is 51.5 Å². The summed E-state index contributed by atoms with van der Waals surface area (Å²) in [5.41, 5.74) is 0.0161. The van der Waals surface area contributed by atoms with E-state index in [1.165, 1.54) is 38.5 Å². The van der Waals surface area contributed by atoms with E-state index in [9.17, 15) is 4.79 Å². The van der Waals surface area contributed by atoms with Crippen LogP contribution in [0.5, 0.6) is 0 Å². The smallest absolute Gasteiger partial charge is 0.226 e. The van der Waals surface area contributed by atoms with Crippen molar-refractivity contribution >= 4 is 18.3 Å². The topological polar surface area (TPSA) is 41.1 Å². The maximum atomic E-state index is 12.6. The van der Waals surface area contributed by atoms with Crippen LogP contribution in [0.4, 0.5) is 0 Å². The maximum absolute atomic E-state index is 12.6. The van der Waals surface area contributed by atoms with Crippen molar-refractivity contribution in [2.24, 2.45) is 23.2 Å². The third-order valence-corrected chi connectivity index (χ3v) is 5.58. The van der Waals surface area contributed by atoms with E-state index in [0.717, 1.165) is 24.3 Å². The fourth-order valence-electron chi connectivity index (χ4n) is 4.92. The second-order valence-electron chi connectivity index (χ2n) is 7.10. The van der Waals surface area contributed by atoms with Crippen molar-refractivity contribution in [3.05, 3.63) is 0 Å². The summed E-state index contributed by atoms with van der Waals surface area (Å²) in [7, 11) is 1.95. The number of carbonyl (C=O) groups excluding carboxylic acids is 1. The third-order valence-electron chi connectivity index (χ3n) is 5.58. The molecule has 4 bridgehead atoms. The van der Waals surface area contributed by atoms with E-state index in [-0.39, 0.29) is 17.8 Å². The van der Waals surface area contributed by atoms with E-state index in [0.29, 0.717) is 11.9 Å². The van der Waals surface area contributed by atoms with E-state index in [1.54, 1.807) is 0 Å². The number of amides is 1. The number of likely N-dealkylation sites (N-methyl/N-ethyl adjacent to an activating group) is 1. The first kappa shape index (κ1) is 15.1. The highest BCUT2D eigenvalue weighted by Gasteiger charge is 2.54. The van der Waals surface area contributed by atoms with Crippen LogP contribution in [-0.2, 0) is 4.79 Å². The molecule has 1 atom stereocenters. The zero-order valence-electron chi connectivity index (χ0n) is 12.1. The summed E-state index contributed by atoms with van der Waals surface area (Å²) < 4.78 is 0. The summed E-state index contributed by atoms with van der Waals surface area (Å²) >= 11 is 0. The monoisotopic (exact) mass is 286 g/mol. The standard InChI is InChI=1S/C15H26N2O.ClH/c1-10(16-2)9-17-14(18)15-6-11-3-12(7-15)5-13(4-11)8-15;/h10-13,16H,3-9H2,1-2H3,(H,17,18);1H. The Morgan fingerprint density at radius 2 is 1.63 bits per heavy atom. The summed E-state index contributed by atoms with van der Waals surface area (Å²) in [6.07, 6.45) is 7.70. The van der Waals surface area contributed by atoms with Crippen LogP contribution < -0.4 is 10.6 Å². The fourth-order valence-corrected chi connectivity index (χ4v) is 4.92. The largest absolute Gasteiger partial charge is 0.354 e. The second-order valence-corrected chi connectivity index (χ2v) is 7.10. The number of halogens is 1. The van der Waals surface area contributed by atoms with Crippen molar-refractivity contribution in [2.75, 3.05) is 13.6 Å². The van der Waals surface area contributed by atoms with Gasteiger partial charge in [0.15, 0.2) is 0 Å². The minimum absolute atomic E-state index is 0. The molecule has 4 heteroatoms. The molecule has 4 aliphatic rings. The van der Waals surface area contributed by atoms with Crippen molar-refractivity contribution in [1.29, 1.82) is 0 Å². The van der Waals surface area contributed by atoms with Crippen LogP contribution in [0.2, 0.25) is 0 Å². The molecule has 0 aliphatic heterocycles. The van der Waals surface area contributed by atoms with E-state index in [2.05, 4.69) is 17.6 Å². The first-order valence-electron chi connectivity index (χ1n) is 7.57. The molecule has 0 radical (unpaired) electrons. The van der Waals surface area contributed by atoms with Crippen LogP contribution in [-0.4, -0.2) is 25.5 Å². The van der Waals surface area contributed by atoms with Crippen LogP contribution in [0.15, 0.2) is 0 Å². The van der Waals surface area contributed by atoms with E-state index >= 15 is 0 Å². The SMILES string of the molecule is CNC(C)CNC(=O)C12CC3CC(CC(C3)C1)C2.Cl. The van der Waals surface area contributed by atoms with Gasteiger partial charge < -0.3 is 10.6 Å². The van der Waals surface area contributed by atoms with Gasteiger partial charge in [-0.15, -0.1) is 12.4 Å². The lowest BCUT2D eigenvalue weighted by Gasteiger charge is -2.55. The first-order chi connectivity index (χ1) is 8.61. The van der Waals surface area contributed by atoms with Gasteiger partial charge in [0.2, 0.25) is 5.91 Å². The van der Waals surface area contributed by atoms with Gasteiger partial charge in [-0.25, -0.2) is 0 Å². The molecule has 0 saturated heterocycles. The van der Waals surface area contributed by atoms with Gasteiger partial charge in [0.05, 0.1) is 0 Å². The molecular formula is C15H27ClN2O. The number of hydrogen-bond acceptors (Lipinski definition) is 2. The van der Waals surface area contributed by atoms with Gasteiger partial charge in [-0.2, -0.15) is 0 Å². The molecule has 0 heterocycles. The van der Waals surface area contributed by atoms with Crippen molar-refractivity contribution in [3.8, 4) is 0 Å². The van der Waals surface area contributed by atoms with E-state index < -0.39 is 0 Å². The maximum Gasteiger partial charge on any atom is 0.226 e. The van der Waals surface area contributed by atoms with E-state index in [4.69, 9.17) is 0 Å². The molecular weight excluding hydrogens is 260 g/mol. The Morgan fingerprint density at radius 1 is 1.16 bits per heavy atom. The summed E-state index contributed by atoms with van der Waals surface area (Å²) in [6, 6.07) is 0.364. The predicted molar refractivity (Wildman–Crippen MR) is 79.4 cm³/mol. The Balaban J connectivity index is 0.00000133. The summed E-state index contributed by atoms with van der Waals surface area (Å²) in [5, 5.41) is 6.37. The zero-order valence-corrected chi connectivity index (χ0v) is 12.9. The van der Waals surface area contributed by atoms with Crippen LogP contribution in [0.25, 0.3) is 0 Å². The first-order valence-corrected chi connectivity index (χ1v) is 7.57. The quantitative estimate of drug-likeness (QED) is 0.833. The van der Waals surface area contributed by atoms with Gasteiger partial charge in [-0.05, 0) is 70.3 Å². The van der Waals surface area contributed by atoms with Crippen LogP contribution >= 0.6 is 12.4 Å². The molecule has 0 spiro atoms. The van der Waals surface area contributed by atoms with Gasteiger partial charge in [-0.3, -0.25) is 4.79 Å². The molecule has 4 fully saturated rings. The lowest BCUT2D eigenvalue weighted by Crippen LogP contribution is -2.54. The molecule has 2 N–H and O–H groups in total. The lowest BCUT2D eigenvalue weighted by atomic mass is 9.49. The number of nitrogens with one attached hydrogen (secondary N) is 2. The molecule has 4 saturated carbocycles. The molecule has 1 amide bonds. The normalized spacial score (nSPS) is 40.6. The van der Waals surface area contributed by atoms with Gasteiger partial charge in [-0.1, -0.05) is 0 Å². The Kier molecular flexibility index (Phi) is 4.46. The molecule has 3 nitrogen and oxygen atoms in total. The predicted octanol–water partition coefficient (Wildman–Crippen LogP) is 2.35. The highest BCUT2D eigenvalue weighted by atomic mass is 35.5. The minimum Gasteiger partial charge on any atom is -0.354 e. The van der Waals surface area contributed by atoms with Gasteiger partial charge in [0, 0.05) is 18.0 Å². The minimum atomic E-state index is 0. The van der Waals surface area contributed by atoms with Crippen molar-refractivity contribution < 1.29 is 4.79 Å². The Bertz CT molecular complexity index is 310. The van der Waals surface area contributed by atoms with Crippen molar-refractivity contribution in [1.82, 2.24) is 10.6 Å². The van der Waals surface area contributed by atoms with Gasteiger partial charge in [0.25, 0.3) is 0 Å². The number of hydrogen-bond donors (Lipinski definition) is 2. The highest BCUT2D eigenvalue weighted by Crippen LogP contribution is 2.60. The summed E-state index contributed by atoms with van der Waals surface area (Å²) in [5.74, 6) is 2.90. The Hall–Kier alpha value is -0.280. The second kappa shape index (κ2) is 5.61. The molecule has 19 heavy (non-hydrogen) atoms. The van der Waals surface area contributed by atoms with Gasteiger partial charge >= 0.3 is 0 Å². The summed E-state index contributed by atoms with van der Waals surface area (Å²) in [4.78, 5) is 12.6. The molecule has 4 aliphatic carbocycles. The van der Waals surface area contributed by atoms with Gasteiger partial charge in [0.1, 0.15) is 0 Å². The lowest BCUT2D eigenvalue weighted by molar-refractivity contribution is -0.146. The highest BCUT2D eigenvalue weighted by molar-refractivity contribution is 5.85. The molecule has 4 rings (SSSR count). The molecule has 0 aromatic rings. The number of carbonyl (C=O) groups is 1. The Labute approximate surface area is 122 Å². The molecule has 1 unspecified atom stereocenters. The fraction of sp³-hybridized carbons (Fsp3) is 0.933. The van der Waals surface area contributed by atoms with Crippen LogP contribution in [0, 0.1) is 23.2 Å². The average Bonchev–Trinajstić information content (AvgIpc) is 2.33. The van der Waals surface area contributed by atoms with Crippen LogP contribution in [0.3, 0.4) is 0 Å². The van der Waals surface area contributed by atoms with Crippen molar-refractivity contribution in [3.63, 3.8) is 0 Å². The molecule has 0 aromatic heterocycles. The van der Waals surface area contributed by atoms with E-state index in [1.807, 2.05) is 7.05 Å².